The summed E-state index contributed by atoms with van der Waals surface area (Å²) in [5, 5.41) is 5.81. The zero-order valence-corrected chi connectivity index (χ0v) is 11.7. The molecule has 2 aromatic rings. The van der Waals surface area contributed by atoms with Gasteiger partial charge in [0.2, 0.25) is 0 Å². The first-order valence-corrected chi connectivity index (χ1v) is 7.72. The van der Waals surface area contributed by atoms with Crippen molar-refractivity contribution in [3.63, 3.8) is 0 Å². The molecule has 3 rings (SSSR count). The topological polar surface area (TPSA) is 37.8 Å². The lowest BCUT2D eigenvalue weighted by Crippen LogP contribution is -2.26. The van der Waals surface area contributed by atoms with Crippen molar-refractivity contribution in [3.8, 4) is 0 Å². The summed E-state index contributed by atoms with van der Waals surface area (Å²) in [6.45, 7) is 0.915. The van der Waals surface area contributed by atoms with Crippen LogP contribution in [0.5, 0.6) is 0 Å². The van der Waals surface area contributed by atoms with Gasteiger partial charge in [0.25, 0.3) is 0 Å². The van der Waals surface area contributed by atoms with Gasteiger partial charge in [-0.25, -0.2) is 9.97 Å². The maximum Gasteiger partial charge on any atom is 0.147 e. The Bertz CT molecular complexity index is 528. The van der Waals surface area contributed by atoms with Gasteiger partial charge in [0.1, 0.15) is 12.1 Å². The maximum atomic E-state index is 6.38. The van der Waals surface area contributed by atoms with Crippen molar-refractivity contribution >= 4 is 39.0 Å². The van der Waals surface area contributed by atoms with Crippen molar-refractivity contribution in [2.24, 2.45) is 5.92 Å². The largest absolute Gasteiger partial charge is 0.368 e. The molecule has 2 heterocycles. The number of hydrogen-bond donors (Lipinski definition) is 1. The smallest absolute Gasteiger partial charge is 0.147 e. The van der Waals surface area contributed by atoms with Crippen LogP contribution in [0.1, 0.15) is 25.7 Å². The Morgan fingerprint density at radius 1 is 1.33 bits per heavy atom. The first-order valence-electron chi connectivity index (χ1n) is 6.41. The highest BCUT2D eigenvalue weighted by Crippen LogP contribution is 2.30. The summed E-state index contributed by atoms with van der Waals surface area (Å²) in [6.07, 6.45) is 6.56. The summed E-state index contributed by atoms with van der Waals surface area (Å²) < 4.78 is 1.14. The van der Waals surface area contributed by atoms with Gasteiger partial charge in [0.05, 0.1) is 10.2 Å². The molecule has 0 radical (unpaired) electrons. The summed E-state index contributed by atoms with van der Waals surface area (Å²) in [5.74, 6) is 1.51. The highest BCUT2D eigenvalue weighted by atomic mass is 35.5. The highest BCUT2D eigenvalue weighted by Gasteiger charge is 2.23. The van der Waals surface area contributed by atoms with Crippen molar-refractivity contribution < 1.29 is 0 Å². The minimum Gasteiger partial charge on any atom is -0.368 e. The van der Waals surface area contributed by atoms with Crippen LogP contribution in [0, 0.1) is 5.92 Å². The van der Waals surface area contributed by atoms with Gasteiger partial charge in [0.15, 0.2) is 0 Å². The predicted molar refractivity (Wildman–Crippen MR) is 77.5 cm³/mol. The molecule has 0 aromatic carbocycles. The Labute approximate surface area is 116 Å². The Morgan fingerprint density at radius 3 is 3.11 bits per heavy atom. The second-order valence-corrected chi connectivity index (χ2v) is 6.28. The quantitative estimate of drug-likeness (QED) is 0.867. The van der Waals surface area contributed by atoms with Gasteiger partial charge in [-0.2, -0.15) is 0 Å². The molecule has 5 heteroatoms. The summed E-state index contributed by atoms with van der Waals surface area (Å²) >= 11 is 8.06. The predicted octanol–water partition coefficient (Wildman–Crippen LogP) is 3.90. The van der Waals surface area contributed by atoms with Gasteiger partial charge in [-0.3, -0.25) is 0 Å². The molecule has 2 atom stereocenters. The van der Waals surface area contributed by atoms with Crippen molar-refractivity contribution in [1.82, 2.24) is 9.97 Å². The SMILES string of the molecule is ClC1CCCCC1CNc1ncnc2ccsc12. The van der Waals surface area contributed by atoms with E-state index in [0.717, 1.165) is 29.0 Å². The molecule has 0 aliphatic heterocycles. The molecule has 1 aliphatic rings. The molecule has 2 aromatic heterocycles. The molecule has 0 bridgehead atoms. The number of anilines is 1. The van der Waals surface area contributed by atoms with Crippen molar-refractivity contribution in [2.75, 3.05) is 11.9 Å². The van der Waals surface area contributed by atoms with E-state index in [-0.39, 0.29) is 0 Å². The van der Waals surface area contributed by atoms with E-state index in [1.165, 1.54) is 19.3 Å². The Hall–Kier alpha value is -0.870. The highest BCUT2D eigenvalue weighted by molar-refractivity contribution is 7.17. The van der Waals surface area contributed by atoms with Gasteiger partial charge in [-0.15, -0.1) is 22.9 Å². The lowest BCUT2D eigenvalue weighted by molar-refractivity contribution is 0.380. The first-order chi connectivity index (χ1) is 8.84. The molecule has 1 fully saturated rings. The number of nitrogens with zero attached hydrogens (tertiary/aromatic N) is 2. The van der Waals surface area contributed by atoms with Crippen LogP contribution in [0.15, 0.2) is 17.8 Å². The number of aromatic nitrogens is 2. The zero-order valence-electron chi connectivity index (χ0n) is 10.1. The standard InChI is InChI=1S/C13H16ClN3S/c14-10-4-2-1-3-9(10)7-15-13-12-11(5-6-18-12)16-8-17-13/h5-6,8-10H,1-4,7H2,(H,15,16,17). The van der Waals surface area contributed by atoms with Crippen LogP contribution in [0.3, 0.4) is 0 Å². The zero-order chi connectivity index (χ0) is 12.4. The van der Waals surface area contributed by atoms with Gasteiger partial charge in [-0.1, -0.05) is 12.8 Å². The van der Waals surface area contributed by atoms with Crippen LogP contribution in [-0.4, -0.2) is 21.9 Å². The molecule has 2 unspecified atom stereocenters. The van der Waals surface area contributed by atoms with E-state index in [4.69, 9.17) is 11.6 Å². The number of thiophene rings is 1. The van der Waals surface area contributed by atoms with E-state index in [1.807, 2.05) is 6.07 Å². The van der Waals surface area contributed by atoms with Gasteiger partial charge in [-0.05, 0) is 30.2 Å². The first kappa shape index (κ1) is 12.2. The van der Waals surface area contributed by atoms with Crippen LogP contribution in [-0.2, 0) is 0 Å². The van der Waals surface area contributed by atoms with E-state index in [1.54, 1.807) is 17.7 Å². The van der Waals surface area contributed by atoms with Gasteiger partial charge >= 0.3 is 0 Å². The fraction of sp³-hybridized carbons (Fsp3) is 0.538. The monoisotopic (exact) mass is 281 g/mol. The summed E-state index contributed by atoms with van der Waals surface area (Å²) in [5.41, 5.74) is 1.02. The van der Waals surface area contributed by atoms with Crippen molar-refractivity contribution in [3.05, 3.63) is 17.8 Å². The molecule has 1 aliphatic carbocycles. The van der Waals surface area contributed by atoms with Crippen LogP contribution < -0.4 is 5.32 Å². The van der Waals surface area contributed by atoms with E-state index in [9.17, 15) is 0 Å². The molecule has 96 valence electrons. The third-order valence-corrected chi connectivity index (χ3v) is 5.08. The Kier molecular flexibility index (Phi) is 3.66. The van der Waals surface area contributed by atoms with Gasteiger partial charge in [0, 0.05) is 11.9 Å². The average molecular weight is 282 g/mol. The molecular formula is C13H16ClN3S. The van der Waals surface area contributed by atoms with Crippen molar-refractivity contribution in [2.45, 2.75) is 31.1 Å². The van der Waals surface area contributed by atoms with Crippen molar-refractivity contribution in [1.29, 1.82) is 0 Å². The van der Waals surface area contributed by atoms with Crippen LogP contribution >= 0.6 is 22.9 Å². The van der Waals surface area contributed by atoms with Crippen LogP contribution in [0.4, 0.5) is 5.82 Å². The van der Waals surface area contributed by atoms with Crippen LogP contribution in [0.2, 0.25) is 0 Å². The molecule has 0 amide bonds. The van der Waals surface area contributed by atoms with Crippen LogP contribution in [0.25, 0.3) is 10.2 Å². The second kappa shape index (κ2) is 5.41. The lowest BCUT2D eigenvalue weighted by Gasteiger charge is -2.27. The number of hydrogen-bond acceptors (Lipinski definition) is 4. The number of halogens is 1. The Morgan fingerprint density at radius 2 is 2.22 bits per heavy atom. The molecule has 0 spiro atoms. The molecule has 3 nitrogen and oxygen atoms in total. The lowest BCUT2D eigenvalue weighted by atomic mass is 9.89. The Balaban J connectivity index is 1.71. The van der Waals surface area contributed by atoms with E-state index < -0.39 is 0 Å². The summed E-state index contributed by atoms with van der Waals surface area (Å²) in [6, 6.07) is 2.03. The number of rotatable bonds is 3. The molecule has 18 heavy (non-hydrogen) atoms. The summed E-state index contributed by atoms with van der Waals surface area (Å²) in [7, 11) is 0. The minimum atomic E-state index is 0.312. The second-order valence-electron chi connectivity index (χ2n) is 4.80. The fourth-order valence-electron chi connectivity index (χ4n) is 2.53. The van der Waals surface area contributed by atoms with E-state index in [0.29, 0.717) is 11.3 Å². The minimum absolute atomic E-state index is 0.312. The maximum absolute atomic E-state index is 6.38. The molecule has 0 saturated heterocycles. The third kappa shape index (κ3) is 2.45. The normalized spacial score (nSPS) is 24.3. The summed E-state index contributed by atoms with van der Waals surface area (Å²) in [4.78, 5) is 8.58. The van der Waals surface area contributed by atoms with E-state index >= 15 is 0 Å². The van der Waals surface area contributed by atoms with Gasteiger partial charge < -0.3 is 5.32 Å². The number of alkyl halides is 1. The number of nitrogens with one attached hydrogen (secondary N) is 1. The molecule has 1 N–H and O–H groups in total. The third-order valence-electron chi connectivity index (χ3n) is 3.59. The number of fused-ring (bicyclic) bond motifs is 1. The average Bonchev–Trinajstić information content (AvgIpc) is 2.86. The molecular weight excluding hydrogens is 266 g/mol. The molecule has 1 saturated carbocycles. The fourth-order valence-corrected chi connectivity index (χ4v) is 3.72. The van der Waals surface area contributed by atoms with E-state index in [2.05, 4.69) is 20.7 Å².